The number of halogens is 1. The van der Waals surface area contributed by atoms with Crippen molar-refractivity contribution in [2.45, 2.75) is 13.0 Å². The highest BCUT2D eigenvalue weighted by molar-refractivity contribution is 6.34. The fourth-order valence-corrected chi connectivity index (χ4v) is 2.40. The van der Waals surface area contributed by atoms with Gasteiger partial charge < -0.3 is 9.67 Å². The maximum Gasteiger partial charge on any atom is 0.308 e. The molecule has 0 radical (unpaired) electrons. The van der Waals surface area contributed by atoms with Crippen LogP contribution in [0.1, 0.15) is 5.82 Å². The number of hydrogen-bond donors (Lipinski definition) is 1. The van der Waals surface area contributed by atoms with Crippen molar-refractivity contribution in [2.24, 2.45) is 5.92 Å². The summed E-state index contributed by atoms with van der Waals surface area (Å²) in [6.07, 6.45) is 0.486. The highest BCUT2D eigenvalue weighted by Crippen LogP contribution is 2.29. The van der Waals surface area contributed by atoms with Gasteiger partial charge in [-0.3, -0.25) is 4.79 Å². The van der Waals surface area contributed by atoms with Gasteiger partial charge in [-0.25, -0.2) is 4.98 Å². The second kappa shape index (κ2) is 3.22. The predicted molar refractivity (Wildman–Crippen MR) is 59.6 cm³/mol. The highest BCUT2D eigenvalue weighted by Gasteiger charge is 2.30. The molecule has 3 rings (SSSR count). The number of para-hydroxylation sites is 1. The third-order valence-electron chi connectivity index (χ3n) is 2.99. The van der Waals surface area contributed by atoms with Crippen molar-refractivity contribution in [3.05, 3.63) is 29.0 Å². The zero-order chi connectivity index (χ0) is 11.3. The summed E-state index contributed by atoms with van der Waals surface area (Å²) in [7, 11) is 0. The molecule has 2 heterocycles. The molecule has 0 aliphatic carbocycles. The van der Waals surface area contributed by atoms with Crippen LogP contribution in [0.4, 0.5) is 0 Å². The number of aliphatic carboxylic acids is 1. The van der Waals surface area contributed by atoms with Crippen molar-refractivity contribution < 1.29 is 9.90 Å². The summed E-state index contributed by atoms with van der Waals surface area (Å²) in [4.78, 5) is 15.3. The molecule has 1 atom stereocenters. The lowest BCUT2D eigenvalue weighted by Crippen LogP contribution is -2.14. The zero-order valence-corrected chi connectivity index (χ0v) is 9.11. The molecular formula is C11H9ClN2O2. The molecule has 16 heavy (non-hydrogen) atoms. The molecule has 0 fully saturated rings. The Labute approximate surface area is 96.5 Å². The van der Waals surface area contributed by atoms with E-state index in [1.807, 2.05) is 16.7 Å². The zero-order valence-electron chi connectivity index (χ0n) is 8.35. The fourth-order valence-electron chi connectivity index (χ4n) is 2.19. The third kappa shape index (κ3) is 1.23. The van der Waals surface area contributed by atoms with Crippen LogP contribution in [-0.2, 0) is 17.8 Å². The number of hydrogen-bond acceptors (Lipinski definition) is 2. The molecule has 0 amide bonds. The Balaban J connectivity index is 2.15. The van der Waals surface area contributed by atoms with E-state index in [4.69, 9.17) is 16.7 Å². The van der Waals surface area contributed by atoms with Gasteiger partial charge in [0.1, 0.15) is 11.3 Å². The van der Waals surface area contributed by atoms with E-state index < -0.39 is 5.97 Å². The van der Waals surface area contributed by atoms with E-state index >= 15 is 0 Å². The largest absolute Gasteiger partial charge is 0.481 e. The average molecular weight is 237 g/mol. The second-order valence-corrected chi connectivity index (χ2v) is 4.39. The van der Waals surface area contributed by atoms with Crippen LogP contribution in [0.2, 0.25) is 5.02 Å². The van der Waals surface area contributed by atoms with E-state index in [0.29, 0.717) is 18.0 Å². The Morgan fingerprint density at radius 3 is 3.12 bits per heavy atom. The molecule has 4 nitrogen and oxygen atoms in total. The third-order valence-corrected chi connectivity index (χ3v) is 3.29. The number of carbonyl (C=O) groups is 1. The smallest absolute Gasteiger partial charge is 0.308 e. The van der Waals surface area contributed by atoms with Crippen molar-refractivity contribution in [1.82, 2.24) is 9.55 Å². The number of nitrogens with zero attached hydrogens (tertiary/aromatic N) is 2. The summed E-state index contributed by atoms with van der Waals surface area (Å²) < 4.78 is 1.94. The van der Waals surface area contributed by atoms with Crippen LogP contribution in [-0.4, -0.2) is 20.6 Å². The van der Waals surface area contributed by atoms with Gasteiger partial charge in [-0.05, 0) is 12.1 Å². The summed E-state index contributed by atoms with van der Waals surface area (Å²) in [5.74, 6) is -0.304. The summed E-state index contributed by atoms with van der Waals surface area (Å²) in [5, 5.41) is 9.58. The van der Waals surface area contributed by atoms with E-state index in [1.54, 1.807) is 6.07 Å². The van der Waals surface area contributed by atoms with E-state index in [0.717, 1.165) is 16.9 Å². The Hall–Kier alpha value is -1.55. The molecule has 1 aliphatic heterocycles. The van der Waals surface area contributed by atoms with Crippen molar-refractivity contribution in [3.8, 4) is 0 Å². The van der Waals surface area contributed by atoms with Gasteiger partial charge in [0.2, 0.25) is 0 Å². The van der Waals surface area contributed by atoms with Crippen LogP contribution in [0, 0.1) is 5.92 Å². The fraction of sp³-hybridized carbons (Fsp3) is 0.273. The monoisotopic (exact) mass is 236 g/mol. The Bertz CT molecular complexity index is 591. The molecule has 1 unspecified atom stereocenters. The van der Waals surface area contributed by atoms with Crippen molar-refractivity contribution in [1.29, 1.82) is 0 Å². The van der Waals surface area contributed by atoms with E-state index in [2.05, 4.69) is 4.98 Å². The van der Waals surface area contributed by atoms with Gasteiger partial charge in [-0.1, -0.05) is 17.7 Å². The molecule has 0 saturated heterocycles. The average Bonchev–Trinajstić information content (AvgIpc) is 2.76. The normalized spacial score (nSPS) is 18.9. The first-order valence-electron chi connectivity index (χ1n) is 5.03. The Kier molecular flexibility index (Phi) is 1.94. The van der Waals surface area contributed by atoms with Gasteiger partial charge in [0.25, 0.3) is 0 Å². The molecule has 0 saturated carbocycles. The number of carboxylic acid groups (broad SMARTS) is 1. The maximum absolute atomic E-state index is 10.9. The van der Waals surface area contributed by atoms with Crippen LogP contribution in [0.3, 0.4) is 0 Å². The number of carboxylic acids is 1. The van der Waals surface area contributed by atoms with E-state index in [9.17, 15) is 4.79 Å². The van der Waals surface area contributed by atoms with Gasteiger partial charge in [0.05, 0.1) is 16.5 Å². The van der Waals surface area contributed by atoms with Crippen LogP contribution in [0.25, 0.3) is 11.0 Å². The summed E-state index contributed by atoms with van der Waals surface area (Å²) in [6, 6.07) is 5.57. The number of aromatic nitrogens is 2. The van der Waals surface area contributed by atoms with Crippen LogP contribution < -0.4 is 0 Å². The Morgan fingerprint density at radius 1 is 1.56 bits per heavy atom. The second-order valence-electron chi connectivity index (χ2n) is 3.99. The first-order chi connectivity index (χ1) is 7.66. The lowest BCUT2D eigenvalue weighted by atomic mass is 10.1. The van der Waals surface area contributed by atoms with Crippen molar-refractivity contribution in [2.75, 3.05) is 0 Å². The number of rotatable bonds is 1. The molecule has 0 spiro atoms. The first kappa shape index (κ1) is 9.66. The topological polar surface area (TPSA) is 55.1 Å². The van der Waals surface area contributed by atoms with Crippen LogP contribution in [0.5, 0.6) is 0 Å². The molecular weight excluding hydrogens is 228 g/mol. The van der Waals surface area contributed by atoms with E-state index in [-0.39, 0.29) is 5.92 Å². The van der Waals surface area contributed by atoms with Crippen LogP contribution in [0.15, 0.2) is 18.2 Å². The lowest BCUT2D eigenvalue weighted by Gasteiger charge is -2.02. The summed E-state index contributed by atoms with van der Waals surface area (Å²) in [5.41, 5.74) is 1.69. The van der Waals surface area contributed by atoms with Gasteiger partial charge in [-0.15, -0.1) is 0 Å². The van der Waals surface area contributed by atoms with Crippen molar-refractivity contribution in [3.63, 3.8) is 0 Å². The molecule has 2 aromatic rings. The molecule has 1 N–H and O–H groups in total. The minimum Gasteiger partial charge on any atom is -0.481 e. The highest BCUT2D eigenvalue weighted by atomic mass is 35.5. The van der Waals surface area contributed by atoms with Crippen molar-refractivity contribution >= 4 is 28.6 Å². The lowest BCUT2D eigenvalue weighted by molar-refractivity contribution is -0.141. The van der Waals surface area contributed by atoms with Crippen LogP contribution >= 0.6 is 11.6 Å². The maximum atomic E-state index is 10.9. The summed E-state index contributed by atoms with van der Waals surface area (Å²) in [6.45, 7) is 0.488. The molecule has 5 heteroatoms. The van der Waals surface area contributed by atoms with Gasteiger partial charge in [0.15, 0.2) is 0 Å². The minimum atomic E-state index is -0.763. The SMILES string of the molecule is O=C(O)C1Cc2nc3c(Cl)cccc3n2C1. The molecule has 0 bridgehead atoms. The predicted octanol–water partition coefficient (Wildman–Crippen LogP) is 1.95. The number of benzene rings is 1. The minimum absolute atomic E-state index is 0.356. The quantitative estimate of drug-likeness (QED) is 0.823. The Morgan fingerprint density at radius 2 is 2.38 bits per heavy atom. The first-order valence-corrected chi connectivity index (χ1v) is 5.41. The molecule has 1 aromatic heterocycles. The molecule has 1 aliphatic rings. The summed E-state index contributed by atoms with van der Waals surface area (Å²) >= 11 is 6.03. The number of fused-ring (bicyclic) bond motifs is 3. The number of imidazole rings is 1. The standard InChI is InChI=1S/C11H9ClN2O2/c12-7-2-1-3-8-10(7)13-9-4-6(11(15)16)5-14(8)9/h1-3,6H,4-5H2,(H,15,16). The molecule has 82 valence electrons. The van der Waals surface area contributed by atoms with Gasteiger partial charge in [-0.2, -0.15) is 0 Å². The molecule has 1 aromatic carbocycles. The van der Waals surface area contributed by atoms with E-state index in [1.165, 1.54) is 0 Å². The van der Waals surface area contributed by atoms with Gasteiger partial charge >= 0.3 is 5.97 Å². The van der Waals surface area contributed by atoms with Gasteiger partial charge in [0, 0.05) is 13.0 Å².